The molecule has 4 heteroatoms. The quantitative estimate of drug-likeness (QED) is 0.115. The van der Waals surface area contributed by atoms with Crippen LogP contribution in [-0.2, 0) is 0 Å². The van der Waals surface area contributed by atoms with E-state index in [4.69, 9.17) is 4.42 Å². The fourth-order valence-electron chi connectivity index (χ4n) is 7.96. The Balaban J connectivity index is 1.56. The van der Waals surface area contributed by atoms with Gasteiger partial charge < -0.3 is 8.98 Å². The van der Waals surface area contributed by atoms with Crippen LogP contribution in [0.1, 0.15) is 0 Å². The summed E-state index contributed by atoms with van der Waals surface area (Å²) in [4.78, 5) is 0. The van der Waals surface area contributed by atoms with Crippen molar-refractivity contribution < 1.29 is 8.82 Å². The Morgan fingerprint density at radius 3 is 1.84 bits per heavy atom. The summed E-state index contributed by atoms with van der Waals surface area (Å²) in [7, 11) is 0. The van der Waals surface area contributed by atoms with Gasteiger partial charge in [-0.25, -0.2) is 0 Å². The van der Waals surface area contributed by atoms with E-state index in [0.717, 1.165) is 50.0 Å². The molecule has 0 spiro atoms. The molecular formula is C41H24N3O+. The second-order valence-corrected chi connectivity index (χ2v) is 11.9. The Labute approximate surface area is 256 Å². The van der Waals surface area contributed by atoms with Crippen LogP contribution in [0.4, 0.5) is 0 Å². The summed E-state index contributed by atoms with van der Waals surface area (Å²) in [6.07, 6.45) is 2.18. The van der Waals surface area contributed by atoms with Crippen molar-refractivity contribution in [3.05, 3.63) is 146 Å². The van der Waals surface area contributed by atoms with Crippen LogP contribution in [-0.4, -0.2) is 9.13 Å². The predicted molar refractivity (Wildman–Crippen MR) is 184 cm³/mol. The third-order valence-corrected chi connectivity index (χ3v) is 9.70. The standard InChI is InChI=1S/C41H24N3O/c1-3-11-26(12-4-1)43-30-21-18-25-19-22-32-39-35(25)37(30)38-31(43)23-20-29-28-15-7-8-16-33(28)45-41(36(29)38)40(39)42-24-10-9-17-34(42)44(32)27-13-5-2-6-14-27/h1-24H/q+1. The Morgan fingerprint density at radius 2 is 1.07 bits per heavy atom. The van der Waals surface area contributed by atoms with Gasteiger partial charge in [-0.15, -0.1) is 0 Å². The van der Waals surface area contributed by atoms with E-state index in [-0.39, 0.29) is 0 Å². The molecule has 0 unspecified atom stereocenters. The van der Waals surface area contributed by atoms with Crippen molar-refractivity contribution in [2.24, 2.45) is 0 Å². The molecule has 11 aromatic rings. The molecule has 0 amide bonds. The molecule has 0 saturated heterocycles. The Hall–Kier alpha value is -6.13. The smallest absolute Gasteiger partial charge is 0.292 e. The lowest BCUT2D eigenvalue weighted by Crippen LogP contribution is -2.27. The molecule has 0 bridgehead atoms. The first-order valence-corrected chi connectivity index (χ1v) is 15.4. The van der Waals surface area contributed by atoms with E-state index in [2.05, 4.69) is 159 Å². The maximum Gasteiger partial charge on any atom is 0.292 e. The minimum absolute atomic E-state index is 0.883. The monoisotopic (exact) mass is 574 g/mol. The highest BCUT2D eigenvalue weighted by atomic mass is 16.3. The third-order valence-electron chi connectivity index (χ3n) is 9.70. The van der Waals surface area contributed by atoms with E-state index < -0.39 is 0 Å². The van der Waals surface area contributed by atoms with Crippen LogP contribution in [0.2, 0.25) is 0 Å². The largest absolute Gasteiger partial charge is 0.452 e. The molecule has 4 aromatic heterocycles. The summed E-state index contributed by atoms with van der Waals surface area (Å²) in [6, 6.07) is 50.0. The van der Waals surface area contributed by atoms with E-state index in [9.17, 15) is 0 Å². The molecular weight excluding hydrogens is 550 g/mol. The second-order valence-electron chi connectivity index (χ2n) is 11.9. The molecule has 0 saturated carbocycles. The highest BCUT2D eigenvalue weighted by Crippen LogP contribution is 2.48. The fraction of sp³-hybridized carbons (Fsp3) is 0. The number of hydrogen-bond donors (Lipinski definition) is 0. The third kappa shape index (κ3) is 2.84. The van der Waals surface area contributed by atoms with Crippen molar-refractivity contribution in [2.75, 3.05) is 0 Å². The van der Waals surface area contributed by atoms with Gasteiger partial charge in [0.15, 0.2) is 11.1 Å². The SMILES string of the molecule is c1ccc(-n2c3ccc4c5ccccc5oc5c4c3c3c4c(ccc32)ccc2c4c5[n+]3ccccc3n2-c2ccccc2)cc1. The number of fused-ring (bicyclic) bond motifs is 5. The average Bonchev–Trinajstić information content (AvgIpc) is 3.38. The van der Waals surface area contributed by atoms with Crippen molar-refractivity contribution in [1.29, 1.82) is 0 Å². The van der Waals surface area contributed by atoms with Crippen molar-refractivity contribution in [1.82, 2.24) is 9.13 Å². The summed E-state index contributed by atoms with van der Waals surface area (Å²) in [5.41, 5.74) is 9.72. The fourth-order valence-corrected chi connectivity index (χ4v) is 7.96. The zero-order valence-electron chi connectivity index (χ0n) is 24.1. The number of hydrogen-bond acceptors (Lipinski definition) is 1. The van der Waals surface area contributed by atoms with Gasteiger partial charge >= 0.3 is 0 Å². The molecule has 11 rings (SSSR count). The minimum atomic E-state index is 0.883. The molecule has 208 valence electrons. The van der Waals surface area contributed by atoms with Crippen LogP contribution >= 0.6 is 0 Å². The van der Waals surface area contributed by atoms with E-state index in [1.165, 1.54) is 43.4 Å². The zero-order valence-corrected chi connectivity index (χ0v) is 24.1. The predicted octanol–water partition coefficient (Wildman–Crippen LogP) is 10.1. The summed E-state index contributed by atoms with van der Waals surface area (Å²) in [5.74, 6) is 0. The van der Waals surface area contributed by atoms with Gasteiger partial charge in [0, 0.05) is 38.7 Å². The van der Waals surface area contributed by atoms with Gasteiger partial charge in [0.2, 0.25) is 0 Å². The summed E-state index contributed by atoms with van der Waals surface area (Å²) in [5, 5.41) is 9.65. The topological polar surface area (TPSA) is 27.1 Å². The Morgan fingerprint density at radius 1 is 0.444 bits per heavy atom. The van der Waals surface area contributed by atoms with Crippen LogP contribution in [0, 0.1) is 0 Å². The first-order chi connectivity index (χ1) is 22.4. The van der Waals surface area contributed by atoms with Crippen LogP contribution in [0.15, 0.2) is 150 Å². The first kappa shape index (κ1) is 23.3. The van der Waals surface area contributed by atoms with Gasteiger partial charge in [0.05, 0.1) is 22.6 Å². The number of nitrogens with zero attached hydrogens (tertiary/aromatic N) is 3. The maximum atomic E-state index is 7.11. The summed E-state index contributed by atoms with van der Waals surface area (Å²) >= 11 is 0. The van der Waals surface area contributed by atoms with Gasteiger partial charge in [-0.05, 0) is 65.4 Å². The number of benzene rings is 6. The molecule has 0 radical (unpaired) electrons. The lowest BCUT2D eigenvalue weighted by atomic mass is 9.99. The van der Waals surface area contributed by atoms with E-state index in [0.29, 0.717) is 0 Å². The van der Waals surface area contributed by atoms with Gasteiger partial charge in [-0.2, -0.15) is 8.97 Å². The van der Waals surface area contributed by atoms with Crippen LogP contribution in [0.25, 0.3) is 93.3 Å². The number of pyridine rings is 1. The molecule has 45 heavy (non-hydrogen) atoms. The first-order valence-electron chi connectivity index (χ1n) is 15.4. The molecule has 0 N–H and O–H groups in total. The van der Waals surface area contributed by atoms with Crippen molar-refractivity contribution in [3.8, 4) is 11.4 Å². The van der Waals surface area contributed by atoms with Gasteiger partial charge in [0.25, 0.3) is 5.65 Å². The number of para-hydroxylation sites is 3. The van der Waals surface area contributed by atoms with Crippen LogP contribution < -0.4 is 4.40 Å². The molecule has 0 aliphatic carbocycles. The molecule has 4 nitrogen and oxygen atoms in total. The molecule has 0 aliphatic heterocycles. The Bertz CT molecular complexity index is 2960. The molecule has 0 fully saturated rings. The lowest BCUT2D eigenvalue weighted by molar-refractivity contribution is -0.484. The summed E-state index contributed by atoms with van der Waals surface area (Å²) < 4.78 is 14.3. The number of rotatable bonds is 2. The minimum Gasteiger partial charge on any atom is -0.452 e. The highest BCUT2D eigenvalue weighted by molar-refractivity contribution is 6.41. The van der Waals surface area contributed by atoms with E-state index in [1.807, 2.05) is 0 Å². The average molecular weight is 575 g/mol. The Kier molecular flexibility index (Phi) is 4.29. The van der Waals surface area contributed by atoms with Crippen molar-refractivity contribution in [2.45, 2.75) is 0 Å². The summed E-state index contributed by atoms with van der Waals surface area (Å²) in [6.45, 7) is 0. The maximum absolute atomic E-state index is 7.11. The van der Waals surface area contributed by atoms with E-state index in [1.54, 1.807) is 0 Å². The van der Waals surface area contributed by atoms with Gasteiger partial charge in [0.1, 0.15) is 16.8 Å². The zero-order chi connectivity index (χ0) is 29.2. The van der Waals surface area contributed by atoms with Gasteiger partial charge in [-0.3, -0.25) is 0 Å². The second kappa shape index (κ2) is 8.28. The normalized spacial score (nSPS) is 12.4. The molecule has 0 atom stereocenters. The van der Waals surface area contributed by atoms with Crippen LogP contribution in [0.5, 0.6) is 0 Å². The highest BCUT2D eigenvalue weighted by Gasteiger charge is 2.29. The van der Waals surface area contributed by atoms with Gasteiger partial charge in [-0.1, -0.05) is 78.9 Å². The molecule has 7 aromatic carbocycles. The number of aromatic nitrogens is 3. The van der Waals surface area contributed by atoms with E-state index >= 15 is 0 Å². The van der Waals surface area contributed by atoms with Crippen molar-refractivity contribution in [3.63, 3.8) is 0 Å². The van der Waals surface area contributed by atoms with Crippen molar-refractivity contribution >= 4 is 82.0 Å². The molecule has 4 heterocycles. The molecule has 0 aliphatic rings. The lowest BCUT2D eigenvalue weighted by Gasteiger charge is -2.14. The van der Waals surface area contributed by atoms with Crippen LogP contribution in [0.3, 0.4) is 0 Å².